The zero-order valence-electron chi connectivity index (χ0n) is 32.4. The third-order valence-corrected chi connectivity index (χ3v) is 11.3. The van der Waals surface area contributed by atoms with Gasteiger partial charge in [-0.05, 0) is 62.9 Å². The first-order valence-electron chi connectivity index (χ1n) is 17.8. The molecule has 3 aromatic rings. The third-order valence-electron chi connectivity index (χ3n) is 10.6. The van der Waals surface area contributed by atoms with Crippen LogP contribution in [0, 0.1) is 13.8 Å². The fourth-order valence-corrected chi connectivity index (χ4v) is 7.99. The van der Waals surface area contributed by atoms with Crippen LogP contribution in [0.3, 0.4) is 0 Å². The van der Waals surface area contributed by atoms with Crippen LogP contribution in [0.5, 0.6) is 0 Å². The van der Waals surface area contributed by atoms with E-state index in [0.29, 0.717) is 51.0 Å². The van der Waals surface area contributed by atoms with Crippen LogP contribution in [0.25, 0.3) is 22.1 Å². The molecule has 0 saturated carbocycles. The molecule has 2 amide bonds. The summed E-state index contributed by atoms with van der Waals surface area (Å²) in [5, 5.41) is 5.23. The van der Waals surface area contributed by atoms with E-state index in [2.05, 4.69) is 34.4 Å². The molecule has 0 spiro atoms. The summed E-state index contributed by atoms with van der Waals surface area (Å²) < 4.78 is 39.3. The van der Waals surface area contributed by atoms with Crippen molar-refractivity contribution >= 4 is 55.8 Å². The molecular formula is C38H47KN6O8S. The number of amides is 2. The van der Waals surface area contributed by atoms with Crippen molar-refractivity contribution < 1.29 is 88.3 Å². The maximum atomic E-state index is 14.0. The quantitative estimate of drug-likeness (QED) is 0.0958. The van der Waals surface area contributed by atoms with Gasteiger partial charge in [0.25, 0.3) is 5.91 Å². The number of nitrogens with zero attached hydrogens (tertiary/aromatic N) is 2. The maximum absolute atomic E-state index is 14.0. The summed E-state index contributed by atoms with van der Waals surface area (Å²) in [5.41, 5.74) is 7.08. The van der Waals surface area contributed by atoms with Crippen LogP contribution in [0.4, 0.5) is 0 Å². The van der Waals surface area contributed by atoms with Gasteiger partial charge < -0.3 is 29.9 Å². The fourth-order valence-electron chi connectivity index (χ4n) is 7.64. The molecule has 0 saturated heterocycles. The average Bonchev–Trinajstić information content (AvgIpc) is 3.78. The van der Waals surface area contributed by atoms with E-state index in [0.717, 1.165) is 23.4 Å². The summed E-state index contributed by atoms with van der Waals surface area (Å²) in [5.74, 6) is -3.00. The zero-order chi connectivity index (χ0) is 38.9. The van der Waals surface area contributed by atoms with Gasteiger partial charge in [0.05, 0.1) is 51.7 Å². The maximum Gasteiger partial charge on any atom is 1.00 e. The number of aryl methyl sites for hydroxylation is 2. The molecule has 8 bridgehead atoms. The molecule has 2 unspecified atom stereocenters. The first-order chi connectivity index (χ1) is 25.0. The van der Waals surface area contributed by atoms with Gasteiger partial charge in [0, 0.05) is 82.9 Å². The monoisotopic (exact) mass is 786 g/mol. The largest absolute Gasteiger partial charge is 1.00 e. The number of esters is 1. The number of rotatable bonds is 11. The van der Waals surface area contributed by atoms with Crippen LogP contribution in [0.2, 0.25) is 0 Å². The summed E-state index contributed by atoms with van der Waals surface area (Å²) in [4.78, 5) is 69.8. The molecule has 14 nitrogen and oxygen atoms in total. The van der Waals surface area contributed by atoms with E-state index in [9.17, 15) is 32.1 Å². The van der Waals surface area contributed by atoms with Crippen molar-refractivity contribution in [3.63, 3.8) is 0 Å². The standard InChI is InChI=1S/C38H48N6O8S.K/c1-9-23-18(2)26-17-31-34(22(6)45)20(4)28(42-31)15-27-19(3)24(10-11-32(46)39-7)36(43-27)25(14-33(47)52-8)37-35(38(48)40-12-13-53(49,50)51)21(5)29(44-37)16-30(23)41-26;/h15-19,23-24,42,44H,9-14H2,1-8H3,(H,39,46)(H,40,48)(H,49,50,51);/q;+1/p-1/t18?,19?,23-,24+;/m1./s1. The Morgan fingerprint density at radius 3 is 2.11 bits per heavy atom. The summed E-state index contributed by atoms with van der Waals surface area (Å²) in [6.07, 6.45) is 0.978. The Bertz CT molecular complexity index is 2260. The Labute approximate surface area is 357 Å². The molecule has 4 N–H and O–H groups in total. The first kappa shape index (κ1) is 43.5. The van der Waals surface area contributed by atoms with E-state index in [1.165, 1.54) is 14.0 Å². The Kier molecular flexibility index (Phi) is 14.2. The second-order valence-electron chi connectivity index (χ2n) is 13.9. The normalized spacial score (nSPS) is 18.1. The second-order valence-corrected chi connectivity index (χ2v) is 15.4. The SMILES string of the molecule is CC[C@H]1c2cc3[nH]c(c(CC(=O)OC)c4nc(cc5[nH]c(cc(n2)C1C)c(C(C)=O)c5C)C(C)[C@@H]4CCC(=O)NC)c(C(=O)NCCS(=O)(=O)[O-])c3C.[K+]. The molecule has 284 valence electrons. The van der Waals surface area contributed by atoms with Crippen LogP contribution in [-0.2, 0) is 30.9 Å². The van der Waals surface area contributed by atoms with Crippen LogP contribution in [0.15, 0.2) is 18.2 Å². The van der Waals surface area contributed by atoms with Crippen LogP contribution in [0.1, 0.15) is 131 Å². The molecule has 5 heterocycles. The fraction of sp³-hybridized carbons (Fsp3) is 0.474. The van der Waals surface area contributed by atoms with E-state index < -0.39 is 34.3 Å². The van der Waals surface area contributed by atoms with Crippen molar-refractivity contribution in [3.8, 4) is 0 Å². The van der Waals surface area contributed by atoms with Gasteiger partial charge in [-0.25, -0.2) is 8.42 Å². The number of aromatic amines is 2. The summed E-state index contributed by atoms with van der Waals surface area (Å²) in [6, 6.07) is 5.67. The third kappa shape index (κ3) is 9.06. The van der Waals surface area contributed by atoms with Crippen LogP contribution < -0.4 is 62.0 Å². The van der Waals surface area contributed by atoms with Gasteiger partial charge in [0.15, 0.2) is 5.78 Å². The zero-order valence-corrected chi connectivity index (χ0v) is 36.3. The number of ether oxygens (including phenoxy) is 1. The number of ketones is 1. The number of aromatic nitrogens is 4. The summed E-state index contributed by atoms with van der Waals surface area (Å²) in [7, 11) is -1.80. The molecule has 2 aliphatic rings. The average molecular weight is 787 g/mol. The molecule has 0 aliphatic carbocycles. The van der Waals surface area contributed by atoms with Gasteiger partial charge in [0.1, 0.15) is 0 Å². The van der Waals surface area contributed by atoms with Gasteiger partial charge in [0.2, 0.25) is 5.91 Å². The number of Topliss-reactive ketones (excluding diaryl/α,β-unsaturated/α-hetero) is 1. The summed E-state index contributed by atoms with van der Waals surface area (Å²) in [6.45, 7) is 10.8. The van der Waals surface area contributed by atoms with Gasteiger partial charge in [-0.1, -0.05) is 20.8 Å². The second kappa shape index (κ2) is 17.7. The minimum Gasteiger partial charge on any atom is -0.748 e. The molecule has 3 aromatic heterocycles. The van der Waals surface area contributed by atoms with Crippen molar-refractivity contribution in [2.24, 2.45) is 0 Å². The number of hydrogen-bond donors (Lipinski definition) is 4. The Morgan fingerprint density at radius 2 is 1.50 bits per heavy atom. The molecular weight excluding hydrogens is 740 g/mol. The molecule has 0 fully saturated rings. The predicted molar refractivity (Wildman–Crippen MR) is 199 cm³/mol. The molecule has 5 rings (SSSR count). The molecule has 0 aromatic carbocycles. The number of H-pyrrole nitrogens is 2. The number of fused-ring (bicyclic) bond motifs is 8. The molecule has 16 heteroatoms. The molecule has 54 heavy (non-hydrogen) atoms. The minimum atomic E-state index is -4.61. The number of carbonyl (C=O) groups excluding carboxylic acids is 4. The van der Waals surface area contributed by atoms with E-state index >= 15 is 0 Å². The first-order valence-corrected chi connectivity index (χ1v) is 19.3. The van der Waals surface area contributed by atoms with Crippen LogP contribution >= 0.6 is 0 Å². The smallest absolute Gasteiger partial charge is 0.748 e. The van der Waals surface area contributed by atoms with Crippen molar-refractivity contribution in [2.75, 3.05) is 26.5 Å². The van der Waals surface area contributed by atoms with E-state index in [4.69, 9.17) is 14.7 Å². The van der Waals surface area contributed by atoms with Gasteiger partial charge in [-0.15, -0.1) is 0 Å². The van der Waals surface area contributed by atoms with Crippen molar-refractivity contribution in [1.29, 1.82) is 0 Å². The van der Waals surface area contributed by atoms with E-state index in [1.807, 2.05) is 32.0 Å². The Morgan fingerprint density at radius 1 is 0.907 bits per heavy atom. The number of hydrogen-bond acceptors (Lipinski definition) is 10. The molecule has 0 radical (unpaired) electrons. The minimum absolute atomic E-state index is 0. The van der Waals surface area contributed by atoms with Crippen LogP contribution in [-0.4, -0.2) is 82.9 Å². The van der Waals surface area contributed by atoms with Crippen molar-refractivity contribution in [3.05, 3.63) is 68.8 Å². The summed E-state index contributed by atoms with van der Waals surface area (Å²) >= 11 is 0. The Hall–Kier alpha value is -3.25. The number of methoxy groups -OCH3 is 1. The van der Waals surface area contributed by atoms with E-state index in [-0.39, 0.29) is 111 Å². The van der Waals surface area contributed by atoms with E-state index in [1.54, 1.807) is 14.0 Å². The molecule has 4 atom stereocenters. The van der Waals surface area contributed by atoms with Crippen molar-refractivity contribution in [2.45, 2.75) is 90.9 Å². The number of carbonyl (C=O) groups is 4. The number of nitrogens with one attached hydrogen (secondary N) is 4. The molecule has 2 aliphatic heterocycles. The van der Waals surface area contributed by atoms with Gasteiger partial charge in [-0.2, -0.15) is 0 Å². The Balaban J connectivity index is 0.00000650. The van der Waals surface area contributed by atoms with Gasteiger partial charge >= 0.3 is 57.4 Å². The van der Waals surface area contributed by atoms with Gasteiger partial charge in [-0.3, -0.25) is 29.1 Å². The predicted octanol–water partition coefficient (Wildman–Crippen LogP) is 1.84. The topological polar surface area (TPSA) is 216 Å². The van der Waals surface area contributed by atoms with Crippen molar-refractivity contribution in [1.82, 2.24) is 30.6 Å².